The number of ether oxygens (including phenoxy) is 1. The molecule has 5 nitrogen and oxygen atoms in total. The van der Waals surface area contributed by atoms with E-state index in [1.165, 1.54) is 6.08 Å². The molecular formula is C23H25NO4. The van der Waals surface area contributed by atoms with Gasteiger partial charge in [0.1, 0.15) is 0 Å². The van der Waals surface area contributed by atoms with E-state index in [-0.39, 0.29) is 24.2 Å². The van der Waals surface area contributed by atoms with Gasteiger partial charge in [-0.05, 0) is 48.7 Å². The van der Waals surface area contributed by atoms with Crippen LogP contribution >= 0.6 is 0 Å². The van der Waals surface area contributed by atoms with Crippen LogP contribution in [0.1, 0.15) is 41.8 Å². The molecule has 1 amide bonds. The first-order valence-corrected chi connectivity index (χ1v) is 9.18. The number of aryl methyl sites for hydroxylation is 1. The summed E-state index contributed by atoms with van der Waals surface area (Å²) in [5, 5.41) is 2.78. The lowest BCUT2D eigenvalue weighted by Gasteiger charge is -2.08. The zero-order valence-electron chi connectivity index (χ0n) is 16.4. The van der Waals surface area contributed by atoms with Gasteiger partial charge in [-0.3, -0.25) is 9.59 Å². The standard InChI is InChI=1S/C23H25NO4/c1-16(2)13-22(26)24-20-10-8-19(9-11-20)21(25)15-28-23(27)12-7-18-6-4-5-17(3)14-18/h4-12,14,16H,13,15H2,1-3H3,(H,24,26)/b12-7+. The van der Waals surface area contributed by atoms with Crippen LogP contribution in [-0.4, -0.2) is 24.3 Å². The van der Waals surface area contributed by atoms with E-state index in [9.17, 15) is 14.4 Å². The molecule has 0 atom stereocenters. The van der Waals surface area contributed by atoms with E-state index in [1.54, 1.807) is 30.3 Å². The summed E-state index contributed by atoms with van der Waals surface area (Å²) in [5.41, 5.74) is 3.02. The number of hydrogen-bond acceptors (Lipinski definition) is 4. The van der Waals surface area contributed by atoms with Crippen molar-refractivity contribution >= 4 is 29.4 Å². The molecule has 0 aromatic heterocycles. The normalized spacial score (nSPS) is 10.9. The molecule has 0 radical (unpaired) electrons. The number of rotatable bonds is 8. The molecule has 2 rings (SSSR count). The molecule has 0 bridgehead atoms. The lowest BCUT2D eigenvalue weighted by Crippen LogP contribution is -2.14. The van der Waals surface area contributed by atoms with Crippen molar-refractivity contribution in [3.05, 3.63) is 71.3 Å². The van der Waals surface area contributed by atoms with Crippen LogP contribution in [0.25, 0.3) is 6.08 Å². The van der Waals surface area contributed by atoms with Crippen LogP contribution in [0, 0.1) is 12.8 Å². The fraction of sp³-hybridized carbons (Fsp3) is 0.261. The van der Waals surface area contributed by atoms with Gasteiger partial charge < -0.3 is 10.1 Å². The third kappa shape index (κ3) is 7.19. The Hall–Kier alpha value is -3.21. The van der Waals surface area contributed by atoms with Gasteiger partial charge in [0.05, 0.1) is 0 Å². The van der Waals surface area contributed by atoms with Crippen LogP contribution in [0.3, 0.4) is 0 Å². The largest absolute Gasteiger partial charge is 0.454 e. The molecule has 0 fully saturated rings. The zero-order chi connectivity index (χ0) is 20.5. The highest BCUT2D eigenvalue weighted by atomic mass is 16.5. The summed E-state index contributed by atoms with van der Waals surface area (Å²) in [4.78, 5) is 35.7. The summed E-state index contributed by atoms with van der Waals surface area (Å²) in [5.74, 6) is -0.677. The van der Waals surface area contributed by atoms with Gasteiger partial charge in [0, 0.05) is 23.7 Å². The van der Waals surface area contributed by atoms with Crippen molar-refractivity contribution < 1.29 is 19.1 Å². The molecule has 0 unspecified atom stereocenters. The van der Waals surface area contributed by atoms with Crippen LogP contribution in [0.2, 0.25) is 0 Å². The third-order valence-corrected chi connectivity index (χ3v) is 3.88. The average molecular weight is 379 g/mol. The zero-order valence-corrected chi connectivity index (χ0v) is 16.4. The topological polar surface area (TPSA) is 72.5 Å². The molecule has 0 aliphatic rings. The molecule has 0 aliphatic heterocycles. The molecule has 0 aliphatic carbocycles. The molecule has 146 valence electrons. The predicted molar refractivity (Wildman–Crippen MR) is 110 cm³/mol. The van der Waals surface area contributed by atoms with Gasteiger partial charge in [-0.25, -0.2) is 4.79 Å². The highest BCUT2D eigenvalue weighted by Crippen LogP contribution is 2.12. The molecular weight excluding hydrogens is 354 g/mol. The molecule has 0 spiro atoms. The third-order valence-electron chi connectivity index (χ3n) is 3.88. The van der Waals surface area contributed by atoms with Crippen molar-refractivity contribution in [3.63, 3.8) is 0 Å². The summed E-state index contributed by atoms with van der Waals surface area (Å²) >= 11 is 0. The van der Waals surface area contributed by atoms with Gasteiger partial charge in [-0.1, -0.05) is 43.7 Å². The second-order valence-corrected chi connectivity index (χ2v) is 7.00. The summed E-state index contributed by atoms with van der Waals surface area (Å²) < 4.78 is 5.00. The minimum absolute atomic E-state index is 0.0663. The predicted octanol–water partition coefficient (Wildman–Crippen LogP) is 4.42. The lowest BCUT2D eigenvalue weighted by atomic mass is 10.1. The number of anilines is 1. The fourth-order valence-corrected chi connectivity index (χ4v) is 2.53. The van der Waals surface area contributed by atoms with Gasteiger partial charge >= 0.3 is 5.97 Å². The molecule has 28 heavy (non-hydrogen) atoms. The Bertz CT molecular complexity index is 866. The van der Waals surface area contributed by atoms with Crippen LogP contribution in [0.15, 0.2) is 54.6 Å². The van der Waals surface area contributed by atoms with E-state index in [0.717, 1.165) is 11.1 Å². The number of hydrogen-bond donors (Lipinski definition) is 1. The summed E-state index contributed by atoms with van der Waals surface area (Å²) in [6.07, 6.45) is 3.39. The van der Waals surface area contributed by atoms with Gasteiger partial charge in [0.15, 0.2) is 12.4 Å². The quantitative estimate of drug-likeness (QED) is 0.419. The Morgan fingerprint density at radius 3 is 2.43 bits per heavy atom. The Kier molecular flexibility index (Phi) is 7.69. The van der Waals surface area contributed by atoms with Gasteiger partial charge in [-0.15, -0.1) is 0 Å². The van der Waals surface area contributed by atoms with Crippen molar-refractivity contribution in [3.8, 4) is 0 Å². The smallest absolute Gasteiger partial charge is 0.331 e. The number of carbonyl (C=O) groups excluding carboxylic acids is 3. The Morgan fingerprint density at radius 1 is 1.07 bits per heavy atom. The van der Waals surface area contributed by atoms with E-state index < -0.39 is 5.97 Å². The SMILES string of the molecule is Cc1cccc(/C=C/C(=O)OCC(=O)c2ccc(NC(=O)CC(C)C)cc2)c1. The van der Waals surface area contributed by atoms with E-state index in [4.69, 9.17) is 4.74 Å². The number of nitrogens with one attached hydrogen (secondary N) is 1. The maximum Gasteiger partial charge on any atom is 0.331 e. The minimum atomic E-state index is -0.576. The van der Waals surface area contributed by atoms with E-state index in [1.807, 2.05) is 45.0 Å². The van der Waals surface area contributed by atoms with Crippen LogP contribution < -0.4 is 5.32 Å². The monoisotopic (exact) mass is 379 g/mol. The van der Waals surface area contributed by atoms with Crippen LogP contribution in [-0.2, 0) is 14.3 Å². The second kappa shape index (κ2) is 10.2. The molecule has 5 heteroatoms. The number of benzene rings is 2. The van der Waals surface area contributed by atoms with E-state index in [0.29, 0.717) is 17.7 Å². The highest BCUT2D eigenvalue weighted by Gasteiger charge is 2.10. The van der Waals surface area contributed by atoms with Crippen LogP contribution in [0.4, 0.5) is 5.69 Å². The molecule has 2 aromatic rings. The Balaban J connectivity index is 1.83. The van der Waals surface area contributed by atoms with Gasteiger partial charge in [0.25, 0.3) is 0 Å². The van der Waals surface area contributed by atoms with Gasteiger partial charge in [-0.2, -0.15) is 0 Å². The first-order valence-electron chi connectivity index (χ1n) is 9.18. The first-order chi connectivity index (χ1) is 13.3. The lowest BCUT2D eigenvalue weighted by molar-refractivity contribution is -0.136. The molecule has 0 heterocycles. The fourth-order valence-electron chi connectivity index (χ4n) is 2.53. The van der Waals surface area contributed by atoms with Gasteiger partial charge in [0.2, 0.25) is 5.91 Å². The van der Waals surface area contributed by atoms with Crippen molar-refractivity contribution in [2.45, 2.75) is 27.2 Å². The Morgan fingerprint density at radius 2 is 1.79 bits per heavy atom. The summed E-state index contributed by atoms with van der Waals surface area (Å²) in [6, 6.07) is 14.2. The number of ketones is 1. The molecule has 2 aromatic carbocycles. The van der Waals surface area contributed by atoms with Crippen molar-refractivity contribution in [1.29, 1.82) is 0 Å². The Labute approximate surface area is 165 Å². The van der Waals surface area contributed by atoms with E-state index in [2.05, 4.69) is 5.32 Å². The van der Waals surface area contributed by atoms with Crippen LogP contribution in [0.5, 0.6) is 0 Å². The molecule has 0 saturated carbocycles. The van der Waals surface area contributed by atoms with Crippen molar-refractivity contribution in [2.24, 2.45) is 5.92 Å². The number of esters is 1. The summed E-state index contributed by atoms with van der Waals surface area (Å²) in [6.45, 7) is 5.57. The number of carbonyl (C=O) groups is 3. The maximum absolute atomic E-state index is 12.2. The maximum atomic E-state index is 12.2. The van der Waals surface area contributed by atoms with Crippen molar-refractivity contribution in [2.75, 3.05) is 11.9 Å². The number of amides is 1. The highest BCUT2D eigenvalue weighted by molar-refractivity contribution is 5.99. The molecule has 1 N–H and O–H groups in total. The number of Topliss-reactive ketones (excluding diaryl/α,β-unsaturated/α-hetero) is 1. The first kappa shape index (κ1) is 21.1. The summed E-state index contributed by atoms with van der Waals surface area (Å²) in [7, 11) is 0. The van der Waals surface area contributed by atoms with E-state index >= 15 is 0 Å². The van der Waals surface area contributed by atoms with Crippen molar-refractivity contribution in [1.82, 2.24) is 0 Å². The molecule has 0 saturated heterocycles. The second-order valence-electron chi connectivity index (χ2n) is 7.00. The average Bonchev–Trinajstić information content (AvgIpc) is 2.64. The minimum Gasteiger partial charge on any atom is -0.454 e.